The van der Waals surface area contributed by atoms with Crippen LogP contribution in [0.1, 0.15) is 10.4 Å². The van der Waals surface area contributed by atoms with Crippen molar-refractivity contribution in [3.8, 4) is 0 Å². The number of benzene rings is 2. The normalized spacial score (nSPS) is 11.4. The highest BCUT2D eigenvalue weighted by molar-refractivity contribution is 9.10. The van der Waals surface area contributed by atoms with Crippen molar-refractivity contribution in [3.63, 3.8) is 0 Å². The van der Waals surface area contributed by atoms with Crippen LogP contribution in [-0.2, 0) is 29.0 Å². The summed E-state index contributed by atoms with van der Waals surface area (Å²) in [5.74, 6) is -1.32. The number of aromatic nitrogens is 2. The Morgan fingerprint density at radius 2 is 1.52 bits per heavy atom. The molecule has 1 aromatic heterocycles. The second-order valence-corrected chi connectivity index (χ2v) is 11.4. The number of carbonyl (C=O) groups is 1. The van der Waals surface area contributed by atoms with Crippen molar-refractivity contribution in [3.05, 3.63) is 64.5 Å². The van der Waals surface area contributed by atoms with Crippen LogP contribution in [0, 0.1) is 5.82 Å². The van der Waals surface area contributed by atoms with Crippen LogP contribution in [0.5, 0.6) is 0 Å². The maximum atomic E-state index is 14.1. The van der Waals surface area contributed by atoms with Gasteiger partial charge in [-0.15, -0.1) is 0 Å². The summed E-state index contributed by atoms with van der Waals surface area (Å²) < 4.78 is 63.4. The van der Waals surface area contributed by atoms with Crippen molar-refractivity contribution in [2.45, 2.75) is 4.90 Å². The summed E-state index contributed by atoms with van der Waals surface area (Å²) in [6.45, 7) is 2.74. The van der Waals surface area contributed by atoms with Crippen molar-refractivity contribution >= 4 is 55.0 Å². The van der Waals surface area contributed by atoms with Gasteiger partial charge in [-0.3, -0.25) is 4.79 Å². The minimum absolute atomic E-state index is 0.0217. The summed E-state index contributed by atoms with van der Waals surface area (Å²) in [6.07, 6.45) is 1.45. The minimum atomic E-state index is -3.77. The van der Waals surface area contributed by atoms with Gasteiger partial charge < -0.3 is 40.4 Å². The number of halogens is 2. The first-order valence-electron chi connectivity index (χ1n) is 13.4. The Balaban J connectivity index is 1.41. The Bertz CT molecular complexity index is 1450. The number of hydrogen-bond donors (Lipinski definition) is 5. The summed E-state index contributed by atoms with van der Waals surface area (Å²) in [5.41, 5.74) is 5.64. The Labute approximate surface area is 262 Å². The van der Waals surface area contributed by atoms with E-state index in [-0.39, 0.29) is 54.3 Å². The third-order valence-electron chi connectivity index (χ3n) is 5.57. The lowest BCUT2D eigenvalue weighted by molar-refractivity contribution is -0.00496. The number of hydrogen-bond acceptors (Lipinski definition) is 12. The zero-order chi connectivity index (χ0) is 31.8. The molecule has 3 aromatic rings. The van der Waals surface area contributed by atoms with E-state index in [2.05, 4.69) is 41.3 Å². The molecule has 0 saturated carbocycles. The molecule has 0 aliphatic heterocycles. The third-order valence-corrected chi connectivity index (χ3v) is 7.63. The third kappa shape index (κ3) is 11.7. The van der Waals surface area contributed by atoms with Crippen molar-refractivity contribution < 1.29 is 41.7 Å². The van der Waals surface area contributed by atoms with E-state index >= 15 is 0 Å². The molecule has 17 heteroatoms. The lowest BCUT2D eigenvalue weighted by Gasteiger charge is -2.13. The van der Waals surface area contributed by atoms with Crippen molar-refractivity contribution in [2.75, 3.05) is 76.6 Å². The van der Waals surface area contributed by atoms with Gasteiger partial charge in [0.2, 0.25) is 16.0 Å². The molecule has 0 aliphatic carbocycles. The Hall–Kier alpha value is -3.29. The number of rotatable bonds is 21. The highest BCUT2D eigenvalue weighted by Gasteiger charge is 2.17. The Kier molecular flexibility index (Phi) is 14.8. The van der Waals surface area contributed by atoms with E-state index in [9.17, 15) is 17.6 Å². The highest BCUT2D eigenvalue weighted by Crippen LogP contribution is 2.28. The molecule has 14 nitrogen and oxygen atoms in total. The molecule has 0 unspecified atom stereocenters. The molecule has 1 heterocycles. The molecule has 0 saturated heterocycles. The van der Waals surface area contributed by atoms with Crippen LogP contribution in [0.4, 0.5) is 27.5 Å². The van der Waals surface area contributed by atoms with E-state index in [1.807, 2.05) is 0 Å². The topological polar surface area (TPSA) is 196 Å². The number of aliphatic hydroxyl groups is 1. The molecule has 0 spiro atoms. The molecular weight excluding hydrogens is 667 g/mol. The Morgan fingerprint density at radius 1 is 0.909 bits per heavy atom. The van der Waals surface area contributed by atoms with Gasteiger partial charge in [-0.2, -0.15) is 4.98 Å². The molecule has 0 aliphatic rings. The number of carbonyl (C=O) groups excluding carboxylic acids is 1. The SMILES string of the molecule is NC(=O)c1c(F)cccc1Nc1nc(Nc2ccc(S(=O)(=O)NCCOCCOCCOCCOCCO)cc2)ncc1Br. The molecule has 6 N–H and O–H groups in total. The van der Waals surface area contributed by atoms with E-state index < -0.39 is 21.7 Å². The standard InChI is InChI=1S/C27H34BrFN6O8S/c28-21-18-31-27(35-26(21)34-23-3-1-2-22(29)24(23)25(30)37)33-19-4-6-20(7-5-19)44(38,39)32-8-10-40-12-14-42-16-17-43-15-13-41-11-9-36/h1-7,18,32,36H,8-17H2,(H2,30,37)(H2,31,33,34,35). The van der Waals surface area contributed by atoms with Gasteiger partial charge in [-0.25, -0.2) is 22.5 Å². The van der Waals surface area contributed by atoms with Gasteiger partial charge in [0.15, 0.2) is 0 Å². The number of ether oxygens (including phenoxy) is 4. The monoisotopic (exact) mass is 700 g/mol. The predicted octanol–water partition coefficient (Wildman–Crippen LogP) is 2.30. The average Bonchev–Trinajstić information content (AvgIpc) is 2.99. The van der Waals surface area contributed by atoms with E-state index in [1.54, 1.807) is 12.1 Å². The second kappa shape index (κ2) is 18.5. The fourth-order valence-electron chi connectivity index (χ4n) is 3.53. The van der Waals surface area contributed by atoms with Gasteiger partial charge >= 0.3 is 0 Å². The van der Waals surface area contributed by atoms with Crippen LogP contribution in [0.2, 0.25) is 0 Å². The summed E-state index contributed by atoms with van der Waals surface area (Å²) in [6, 6.07) is 9.97. The van der Waals surface area contributed by atoms with Crippen LogP contribution in [0.15, 0.2) is 58.0 Å². The number of aliphatic hydroxyl groups excluding tert-OH is 1. The number of primary amides is 1. The zero-order valence-corrected chi connectivity index (χ0v) is 26.0. The number of anilines is 4. The first kappa shape index (κ1) is 35.2. The first-order valence-corrected chi connectivity index (χ1v) is 15.7. The minimum Gasteiger partial charge on any atom is -0.394 e. The highest BCUT2D eigenvalue weighted by atomic mass is 79.9. The average molecular weight is 702 g/mol. The summed E-state index contributed by atoms with van der Waals surface area (Å²) in [7, 11) is -3.77. The lowest BCUT2D eigenvalue weighted by atomic mass is 10.1. The maximum Gasteiger partial charge on any atom is 0.253 e. The van der Waals surface area contributed by atoms with E-state index in [0.29, 0.717) is 49.8 Å². The molecular formula is C27H34BrFN6O8S. The fraction of sp³-hybridized carbons (Fsp3) is 0.370. The molecule has 0 bridgehead atoms. The largest absolute Gasteiger partial charge is 0.394 e. The van der Waals surface area contributed by atoms with Gasteiger partial charge in [0.05, 0.1) is 80.1 Å². The smallest absolute Gasteiger partial charge is 0.253 e. The molecule has 240 valence electrons. The van der Waals surface area contributed by atoms with Crippen LogP contribution >= 0.6 is 15.9 Å². The van der Waals surface area contributed by atoms with Crippen LogP contribution < -0.4 is 21.1 Å². The number of nitrogens with one attached hydrogen (secondary N) is 3. The Morgan fingerprint density at radius 3 is 2.14 bits per heavy atom. The summed E-state index contributed by atoms with van der Waals surface area (Å²) in [5, 5.41) is 14.4. The summed E-state index contributed by atoms with van der Waals surface area (Å²) >= 11 is 3.31. The quantitative estimate of drug-likeness (QED) is 0.102. The maximum absolute atomic E-state index is 14.1. The van der Waals surface area contributed by atoms with Crippen LogP contribution in [-0.4, -0.2) is 95.4 Å². The molecule has 0 radical (unpaired) electrons. The molecule has 0 fully saturated rings. The first-order chi connectivity index (χ1) is 21.2. The lowest BCUT2D eigenvalue weighted by Crippen LogP contribution is -2.27. The van der Waals surface area contributed by atoms with E-state index in [0.717, 1.165) is 6.07 Å². The molecule has 44 heavy (non-hydrogen) atoms. The molecule has 2 aromatic carbocycles. The van der Waals surface area contributed by atoms with Gasteiger partial charge in [0.25, 0.3) is 5.91 Å². The van der Waals surface area contributed by atoms with Crippen molar-refractivity contribution in [1.82, 2.24) is 14.7 Å². The number of amides is 1. The van der Waals surface area contributed by atoms with Gasteiger partial charge in [-0.05, 0) is 52.3 Å². The molecule has 0 atom stereocenters. The number of sulfonamides is 1. The van der Waals surface area contributed by atoms with Crippen LogP contribution in [0.3, 0.4) is 0 Å². The van der Waals surface area contributed by atoms with Gasteiger partial charge in [-0.1, -0.05) is 6.07 Å². The zero-order valence-electron chi connectivity index (χ0n) is 23.6. The molecule has 3 rings (SSSR count). The van der Waals surface area contributed by atoms with Crippen molar-refractivity contribution in [1.29, 1.82) is 0 Å². The second-order valence-electron chi connectivity index (χ2n) is 8.76. The van der Waals surface area contributed by atoms with Crippen LogP contribution in [0.25, 0.3) is 0 Å². The predicted molar refractivity (Wildman–Crippen MR) is 163 cm³/mol. The van der Waals surface area contributed by atoms with E-state index in [1.165, 1.54) is 30.5 Å². The van der Waals surface area contributed by atoms with E-state index in [4.69, 9.17) is 29.8 Å². The fourth-order valence-corrected chi connectivity index (χ4v) is 4.83. The summed E-state index contributed by atoms with van der Waals surface area (Å²) in [4.78, 5) is 20.3. The van der Waals surface area contributed by atoms with Crippen molar-refractivity contribution in [2.24, 2.45) is 5.73 Å². The number of nitrogens with zero attached hydrogens (tertiary/aromatic N) is 2. The number of nitrogens with two attached hydrogens (primary N) is 1. The molecule has 1 amide bonds. The van der Waals surface area contributed by atoms with Gasteiger partial charge in [0.1, 0.15) is 11.6 Å². The van der Waals surface area contributed by atoms with Gasteiger partial charge in [0, 0.05) is 18.4 Å².